The fourth-order valence-corrected chi connectivity index (χ4v) is 2.16. The van der Waals surface area contributed by atoms with Crippen molar-refractivity contribution in [3.63, 3.8) is 0 Å². The van der Waals surface area contributed by atoms with Gasteiger partial charge in [0.05, 0.1) is 37.0 Å². The van der Waals surface area contributed by atoms with Crippen molar-refractivity contribution in [1.82, 2.24) is 9.80 Å². The maximum Gasteiger partial charge on any atom is 0.0951 e. The van der Waals surface area contributed by atoms with Gasteiger partial charge < -0.3 is 14.5 Å². The Morgan fingerprint density at radius 3 is 1.74 bits per heavy atom. The Bertz CT molecular complexity index is 550. The predicted molar refractivity (Wildman–Crippen MR) is 88.5 cm³/mol. The van der Waals surface area contributed by atoms with Gasteiger partial charge in [-0.2, -0.15) is 0 Å². The summed E-state index contributed by atoms with van der Waals surface area (Å²) in [7, 11) is 0. The first kappa shape index (κ1) is 16.6. The van der Waals surface area contributed by atoms with E-state index in [0.717, 1.165) is 11.4 Å². The van der Waals surface area contributed by atoms with E-state index in [1.807, 2.05) is 58.7 Å². The first-order chi connectivity index (χ1) is 11.3. The Labute approximate surface area is 134 Å². The van der Waals surface area contributed by atoms with Crippen LogP contribution in [0.4, 0.5) is 0 Å². The van der Waals surface area contributed by atoms with Crippen LogP contribution < -0.4 is 0 Å². The SMILES string of the molecule is O=N/C=C1\C=CC=CN1CCOCCN1C=CC=C/C1=C\N=O. The maximum absolute atomic E-state index is 10.4. The topological polar surface area (TPSA) is 74.6 Å². The van der Waals surface area contributed by atoms with Gasteiger partial charge in [-0.05, 0) is 34.7 Å². The molecule has 0 unspecified atom stereocenters. The average Bonchev–Trinajstić information content (AvgIpc) is 2.58. The van der Waals surface area contributed by atoms with E-state index in [2.05, 4.69) is 10.4 Å². The third-order valence-corrected chi connectivity index (χ3v) is 3.27. The maximum atomic E-state index is 10.4. The predicted octanol–water partition coefficient (Wildman–Crippen LogP) is 2.99. The highest BCUT2D eigenvalue weighted by molar-refractivity contribution is 5.28. The lowest BCUT2D eigenvalue weighted by molar-refractivity contribution is 0.113. The van der Waals surface area contributed by atoms with Gasteiger partial charge in [-0.15, -0.1) is 9.81 Å². The highest BCUT2D eigenvalue weighted by Crippen LogP contribution is 2.13. The van der Waals surface area contributed by atoms with Crippen molar-refractivity contribution in [2.75, 3.05) is 26.3 Å². The first-order valence-electron chi connectivity index (χ1n) is 7.21. The Morgan fingerprint density at radius 1 is 0.826 bits per heavy atom. The molecule has 0 bridgehead atoms. The van der Waals surface area contributed by atoms with Crippen molar-refractivity contribution in [3.05, 3.63) is 82.5 Å². The molecule has 0 N–H and O–H groups in total. The summed E-state index contributed by atoms with van der Waals surface area (Å²) >= 11 is 0. The Balaban J connectivity index is 1.71. The van der Waals surface area contributed by atoms with Crippen LogP contribution in [0, 0.1) is 9.81 Å². The molecule has 0 radical (unpaired) electrons. The van der Waals surface area contributed by atoms with Gasteiger partial charge >= 0.3 is 0 Å². The molecule has 0 saturated carbocycles. The number of ether oxygens (including phenoxy) is 1. The van der Waals surface area contributed by atoms with E-state index in [1.54, 1.807) is 0 Å². The molecule has 2 heterocycles. The van der Waals surface area contributed by atoms with Crippen molar-refractivity contribution in [1.29, 1.82) is 0 Å². The van der Waals surface area contributed by atoms with Gasteiger partial charge in [0.25, 0.3) is 0 Å². The average molecular weight is 314 g/mol. The lowest BCUT2D eigenvalue weighted by atomic mass is 10.3. The molecule has 0 fully saturated rings. The summed E-state index contributed by atoms with van der Waals surface area (Å²) in [6.45, 7) is 2.26. The van der Waals surface area contributed by atoms with Crippen LogP contribution in [0.15, 0.2) is 83.0 Å². The van der Waals surface area contributed by atoms with Crippen molar-refractivity contribution < 1.29 is 4.74 Å². The molecule has 0 spiro atoms. The van der Waals surface area contributed by atoms with Crippen LogP contribution in [0.1, 0.15) is 0 Å². The van der Waals surface area contributed by atoms with Crippen molar-refractivity contribution in [2.24, 2.45) is 10.4 Å². The first-order valence-corrected chi connectivity index (χ1v) is 7.21. The smallest absolute Gasteiger partial charge is 0.0951 e. The normalized spacial score (nSPS) is 19.8. The number of rotatable bonds is 8. The number of allylic oxidation sites excluding steroid dienone is 6. The molecular weight excluding hydrogens is 296 g/mol. The quantitative estimate of drug-likeness (QED) is 0.508. The van der Waals surface area contributed by atoms with Crippen LogP contribution in [-0.4, -0.2) is 36.1 Å². The lowest BCUT2D eigenvalue weighted by Crippen LogP contribution is -2.25. The molecule has 23 heavy (non-hydrogen) atoms. The van der Waals surface area contributed by atoms with Gasteiger partial charge in [-0.3, -0.25) is 0 Å². The van der Waals surface area contributed by atoms with Crippen molar-refractivity contribution in [2.45, 2.75) is 0 Å². The zero-order chi connectivity index (χ0) is 16.3. The van der Waals surface area contributed by atoms with E-state index in [9.17, 15) is 9.81 Å². The number of nitrogens with zero attached hydrogens (tertiary/aromatic N) is 4. The summed E-state index contributed by atoms with van der Waals surface area (Å²) in [5.74, 6) is 0. The van der Waals surface area contributed by atoms with E-state index in [-0.39, 0.29) is 0 Å². The van der Waals surface area contributed by atoms with Crippen LogP contribution >= 0.6 is 0 Å². The molecule has 2 aliphatic heterocycles. The summed E-state index contributed by atoms with van der Waals surface area (Å²) in [6.07, 6.45) is 17.4. The third kappa shape index (κ3) is 5.15. The Hall–Kier alpha value is -2.80. The van der Waals surface area contributed by atoms with E-state index >= 15 is 0 Å². The minimum atomic E-state index is 0.507. The molecular formula is C16H18N4O3. The molecule has 7 nitrogen and oxygen atoms in total. The van der Waals surface area contributed by atoms with Gasteiger partial charge in [-0.1, -0.05) is 12.2 Å². The van der Waals surface area contributed by atoms with Crippen LogP contribution in [-0.2, 0) is 4.74 Å². The van der Waals surface area contributed by atoms with Gasteiger partial charge in [0.1, 0.15) is 0 Å². The van der Waals surface area contributed by atoms with E-state index < -0.39 is 0 Å². The monoisotopic (exact) mass is 314 g/mol. The van der Waals surface area contributed by atoms with Crippen molar-refractivity contribution >= 4 is 0 Å². The van der Waals surface area contributed by atoms with Crippen LogP contribution in [0.2, 0.25) is 0 Å². The van der Waals surface area contributed by atoms with Crippen LogP contribution in [0.3, 0.4) is 0 Å². The highest BCUT2D eigenvalue weighted by atomic mass is 16.5. The fourth-order valence-electron chi connectivity index (χ4n) is 2.16. The number of hydrogen-bond donors (Lipinski definition) is 0. The minimum Gasteiger partial charge on any atom is -0.378 e. The van der Waals surface area contributed by atoms with Gasteiger partial charge in [0.2, 0.25) is 0 Å². The molecule has 0 saturated heterocycles. The summed E-state index contributed by atoms with van der Waals surface area (Å²) in [6, 6.07) is 0. The molecule has 2 rings (SSSR count). The van der Waals surface area contributed by atoms with E-state index in [0.29, 0.717) is 26.3 Å². The molecule has 0 amide bonds. The number of hydrogen-bond acceptors (Lipinski definition) is 7. The Kier molecular flexibility index (Phi) is 6.67. The van der Waals surface area contributed by atoms with Crippen LogP contribution in [0.5, 0.6) is 0 Å². The summed E-state index contributed by atoms with van der Waals surface area (Å²) < 4.78 is 5.62. The van der Waals surface area contributed by atoms with Gasteiger partial charge in [0.15, 0.2) is 0 Å². The van der Waals surface area contributed by atoms with E-state index in [1.165, 1.54) is 12.4 Å². The second-order valence-electron chi connectivity index (χ2n) is 4.72. The molecule has 0 aromatic heterocycles. The summed E-state index contributed by atoms with van der Waals surface area (Å²) in [5, 5.41) is 5.60. The zero-order valence-electron chi connectivity index (χ0n) is 12.6. The van der Waals surface area contributed by atoms with E-state index in [4.69, 9.17) is 4.74 Å². The fraction of sp³-hybridized carbons (Fsp3) is 0.250. The highest BCUT2D eigenvalue weighted by Gasteiger charge is 2.08. The molecule has 0 atom stereocenters. The minimum absolute atomic E-state index is 0.507. The summed E-state index contributed by atoms with van der Waals surface area (Å²) in [5.41, 5.74) is 1.47. The molecule has 7 heteroatoms. The van der Waals surface area contributed by atoms with Crippen molar-refractivity contribution in [3.8, 4) is 0 Å². The standard InChI is InChI=1S/C16H18N4O3/c21-17-13-15-5-1-3-7-19(15)9-11-23-12-10-20-8-4-2-6-16(20)14-18-22/h1-8,13-14H,9-12H2/b15-13+,16-14+. The second kappa shape index (κ2) is 9.26. The zero-order valence-corrected chi connectivity index (χ0v) is 12.6. The summed E-state index contributed by atoms with van der Waals surface area (Å²) in [4.78, 5) is 24.5. The molecule has 0 aromatic rings. The third-order valence-electron chi connectivity index (χ3n) is 3.27. The van der Waals surface area contributed by atoms with Gasteiger partial charge in [0, 0.05) is 25.5 Å². The second-order valence-corrected chi connectivity index (χ2v) is 4.72. The molecule has 2 aliphatic rings. The number of nitroso groups, excluding NO2 is 2. The van der Waals surface area contributed by atoms with Gasteiger partial charge in [-0.25, -0.2) is 0 Å². The Morgan fingerprint density at radius 2 is 1.30 bits per heavy atom. The molecule has 0 aliphatic carbocycles. The lowest BCUT2D eigenvalue weighted by Gasteiger charge is -2.24. The molecule has 0 aromatic carbocycles. The van der Waals surface area contributed by atoms with Crippen LogP contribution in [0.25, 0.3) is 0 Å². The largest absolute Gasteiger partial charge is 0.378 e. The molecule has 120 valence electrons.